The molecule has 0 spiro atoms. The molecule has 2 rings (SSSR count). The fourth-order valence-electron chi connectivity index (χ4n) is 2.01. The second-order valence-corrected chi connectivity index (χ2v) is 4.41. The van der Waals surface area contributed by atoms with Crippen LogP contribution >= 0.6 is 0 Å². The number of rotatable bonds is 6. The van der Waals surface area contributed by atoms with Gasteiger partial charge < -0.3 is 9.84 Å². The van der Waals surface area contributed by atoms with E-state index in [9.17, 15) is 4.79 Å². The fraction of sp³-hybridized carbons (Fsp3) is 0.727. The summed E-state index contributed by atoms with van der Waals surface area (Å²) in [5.74, 6) is -0.393. The molecule has 1 aromatic heterocycles. The molecule has 1 aliphatic rings. The van der Waals surface area contributed by atoms with Crippen molar-refractivity contribution in [2.24, 2.45) is 5.92 Å². The summed E-state index contributed by atoms with van der Waals surface area (Å²) in [5, 5.41) is 16.7. The maximum atomic E-state index is 11.0. The van der Waals surface area contributed by atoms with Crippen molar-refractivity contribution in [3.8, 4) is 0 Å². The molecule has 0 atom stereocenters. The molecule has 17 heavy (non-hydrogen) atoms. The lowest BCUT2D eigenvalue weighted by Crippen LogP contribution is -2.21. The molecule has 1 aromatic rings. The molecule has 0 radical (unpaired) electrons. The molecule has 94 valence electrons. The van der Waals surface area contributed by atoms with Gasteiger partial charge in [0.2, 0.25) is 0 Å². The fourth-order valence-corrected chi connectivity index (χ4v) is 2.01. The molecule has 1 fully saturated rings. The summed E-state index contributed by atoms with van der Waals surface area (Å²) in [5.41, 5.74) is 0.729. The molecule has 0 saturated heterocycles. The minimum absolute atomic E-state index is 0.0568. The zero-order valence-electron chi connectivity index (χ0n) is 9.93. The minimum Gasteiger partial charge on any atom is -0.476 e. The lowest BCUT2D eigenvalue weighted by molar-refractivity contribution is 0.0688. The van der Waals surface area contributed by atoms with E-state index in [1.165, 1.54) is 19.3 Å². The highest BCUT2D eigenvalue weighted by Gasteiger charge is 2.23. The van der Waals surface area contributed by atoms with Crippen molar-refractivity contribution >= 4 is 5.97 Å². The summed E-state index contributed by atoms with van der Waals surface area (Å²) in [6, 6.07) is 0. The molecule has 6 heteroatoms. The van der Waals surface area contributed by atoms with Gasteiger partial charge in [-0.3, -0.25) is 0 Å². The van der Waals surface area contributed by atoms with Gasteiger partial charge in [-0.05, 0) is 18.8 Å². The van der Waals surface area contributed by atoms with Crippen molar-refractivity contribution < 1.29 is 14.6 Å². The van der Waals surface area contributed by atoms with E-state index < -0.39 is 5.97 Å². The first-order valence-corrected chi connectivity index (χ1v) is 5.87. The summed E-state index contributed by atoms with van der Waals surface area (Å²) in [4.78, 5) is 11.0. The van der Waals surface area contributed by atoms with Gasteiger partial charge in [-0.1, -0.05) is 11.6 Å². The molecule has 6 nitrogen and oxygen atoms in total. The number of carbonyl (C=O) groups is 1. The lowest BCUT2D eigenvalue weighted by atomic mass is 9.85. The SMILES string of the molecule is COCCc1c(C(=O)O)nnn1CC1CCC1. The summed E-state index contributed by atoms with van der Waals surface area (Å²) in [7, 11) is 1.60. The van der Waals surface area contributed by atoms with Crippen LogP contribution < -0.4 is 0 Å². The Labute approximate surface area is 99.6 Å². The van der Waals surface area contributed by atoms with Gasteiger partial charge in [0, 0.05) is 20.1 Å². The summed E-state index contributed by atoms with van der Waals surface area (Å²) >= 11 is 0. The predicted molar refractivity (Wildman–Crippen MR) is 59.9 cm³/mol. The zero-order chi connectivity index (χ0) is 12.3. The van der Waals surface area contributed by atoms with Crippen LogP contribution in [0.4, 0.5) is 0 Å². The van der Waals surface area contributed by atoms with E-state index in [4.69, 9.17) is 9.84 Å². The van der Waals surface area contributed by atoms with E-state index in [2.05, 4.69) is 10.3 Å². The Balaban J connectivity index is 2.14. The van der Waals surface area contributed by atoms with Crippen LogP contribution in [0.3, 0.4) is 0 Å². The van der Waals surface area contributed by atoms with Gasteiger partial charge in [-0.2, -0.15) is 0 Å². The highest BCUT2D eigenvalue weighted by molar-refractivity contribution is 5.86. The zero-order valence-corrected chi connectivity index (χ0v) is 9.93. The van der Waals surface area contributed by atoms with E-state index >= 15 is 0 Å². The number of aromatic carboxylic acids is 1. The van der Waals surface area contributed by atoms with Crippen LogP contribution in [0.25, 0.3) is 0 Å². The number of methoxy groups -OCH3 is 1. The third kappa shape index (κ3) is 2.63. The van der Waals surface area contributed by atoms with Gasteiger partial charge >= 0.3 is 5.97 Å². The van der Waals surface area contributed by atoms with Crippen LogP contribution in [0, 0.1) is 5.92 Å². The first kappa shape index (κ1) is 12.0. The van der Waals surface area contributed by atoms with Crippen LogP contribution in [0.15, 0.2) is 0 Å². The average molecular weight is 239 g/mol. The number of carboxylic acid groups (broad SMARTS) is 1. The van der Waals surface area contributed by atoms with Gasteiger partial charge in [0.15, 0.2) is 5.69 Å². The molecule has 1 N–H and O–H groups in total. The highest BCUT2D eigenvalue weighted by Crippen LogP contribution is 2.28. The molecular weight excluding hydrogens is 222 g/mol. The van der Waals surface area contributed by atoms with Crippen molar-refractivity contribution in [3.05, 3.63) is 11.4 Å². The standard InChI is InChI=1S/C11H17N3O3/c1-17-6-5-9-10(11(15)16)12-13-14(9)7-8-3-2-4-8/h8H,2-7H2,1H3,(H,15,16). The normalized spacial score (nSPS) is 15.8. The largest absolute Gasteiger partial charge is 0.476 e. The van der Waals surface area contributed by atoms with Crippen molar-refractivity contribution in [2.75, 3.05) is 13.7 Å². The minimum atomic E-state index is -1.02. The maximum absolute atomic E-state index is 11.0. The van der Waals surface area contributed by atoms with Gasteiger partial charge in [0.25, 0.3) is 0 Å². The van der Waals surface area contributed by atoms with E-state index in [-0.39, 0.29) is 5.69 Å². The number of hydrogen-bond acceptors (Lipinski definition) is 4. The highest BCUT2D eigenvalue weighted by atomic mass is 16.5. The van der Waals surface area contributed by atoms with Crippen molar-refractivity contribution in [2.45, 2.75) is 32.2 Å². The van der Waals surface area contributed by atoms with E-state index in [0.29, 0.717) is 24.6 Å². The average Bonchev–Trinajstić information content (AvgIpc) is 2.63. The van der Waals surface area contributed by atoms with E-state index in [1.54, 1.807) is 11.8 Å². The van der Waals surface area contributed by atoms with Crippen molar-refractivity contribution in [1.82, 2.24) is 15.0 Å². The van der Waals surface area contributed by atoms with Crippen molar-refractivity contribution in [3.63, 3.8) is 0 Å². The Morgan fingerprint density at radius 2 is 2.35 bits per heavy atom. The van der Waals surface area contributed by atoms with Crippen LogP contribution in [0.5, 0.6) is 0 Å². The summed E-state index contributed by atoms with van der Waals surface area (Å²) in [6.07, 6.45) is 4.20. The number of nitrogens with zero attached hydrogens (tertiary/aromatic N) is 3. The monoisotopic (exact) mass is 239 g/mol. The number of ether oxygens (including phenoxy) is 1. The van der Waals surface area contributed by atoms with Gasteiger partial charge in [0.05, 0.1) is 12.3 Å². The van der Waals surface area contributed by atoms with Gasteiger partial charge in [0.1, 0.15) is 0 Å². The molecule has 0 aliphatic heterocycles. The Morgan fingerprint density at radius 1 is 1.59 bits per heavy atom. The molecule has 0 amide bonds. The quantitative estimate of drug-likeness (QED) is 0.800. The Morgan fingerprint density at radius 3 is 2.88 bits per heavy atom. The Hall–Kier alpha value is -1.43. The maximum Gasteiger partial charge on any atom is 0.358 e. The molecule has 1 heterocycles. The second-order valence-electron chi connectivity index (χ2n) is 4.41. The first-order chi connectivity index (χ1) is 8.22. The third-order valence-corrected chi connectivity index (χ3v) is 3.24. The van der Waals surface area contributed by atoms with Crippen LogP contribution in [0.1, 0.15) is 35.4 Å². The van der Waals surface area contributed by atoms with E-state index in [1.807, 2.05) is 0 Å². The van der Waals surface area contributed by atoms with Crippen LogP contribution in [-0.2, 0) is 17.7 Å². The lowest BCUT2D eigenvalue weighted by Gasteiger charge is -2.25. The second kappa shape index (κ2) is 5.27. The number of hydrogen-bond donors (Lipinski definition) is 1. The summed E-state index contributed by atoms with van der Waals surface area (Å²) in [6.45, 7) is 1.26. The Kier molecular flexibility index (Phi) is 3.73. The molecular formula is C11H17N3O3. The third-order valence-electron chi connectivity index (χ3n) is 3.24. The van der Waals surface area contributed by atoms with Gasteiger partial charge in [-0.25, -0.2) is 9.48 Å². The molecule has 0 bridgehead atoms. The number of aromatic nitrogens is 3. The number of carboxylic acids is 1. The predicted octanol–water partition coefficient (Wildman–Crippen LogP) is 0.965. The molecule has 1 aliphatic carbocycles. The summed E-state index contributed by atoms with van der Waals surface area (Å²) < 4.78 is 6.72. The van der Waals surface area contributed by atoms with E-state index in [0.717, 1.165) is 6.54 Å². The molecule has 0 unspecified atom stereocenters. The Bertz CT molecular complexity index is 399. The van der Waals surface area contributed by atoms with Gasteiger partial charge in [-0.15, -0.1) is 5.10 Å². The van der Waals surface area contributed by atoms with Crippen molar-refractivity contribution in [1.29, 1.82) is 0 Å². The molecule has 1 saturated carbocycles. The molecule has 0 aromatic carbocycles. The smallest absolute Gasteiger partial charge is 0.358 e. The topological polar surface area (TPSA) is 77.2 Å². The first-order valence-electron chi connectivity index (χ1n) is 5.87. The van der Waals surface area contributed by atoms with Crippen LogP contribution in [-0.4, -0.2) is 39.8 Å². The van der Waals surface area contributed by atoms with Crippen LogP contribution in [0.2, 0.25) is 0 Å².